The lowest BCUT2D eigenvalue weighted by Gasteiger charge is -2.23. The molecule has 8 heteroatoms. The predicted octanol–water partition coefficient (Wildman–Crippen LogP) is 5.55. The third-order valence-corrected chi connectivity index (χ3v) is 7.96. The van der Waals surface area contributed by atoms with E-state index in [-0.39, 0.29) is 18.1 Å². The fraction of sp³-hybridized carbons (Fsp3) is 0.306. The topological polar surface area (TPSA) is 96.8 Å². The third-order valence-electron chi connectivity index (χ3n) is 7.96. The number of aromatic amines is 1. The largest absolute Gasteiger partial charge is 0.392 e. The Kier molecular flexibility index (Phi) is 10.4. The number of likely N-dealkylation sites (tertiary alicyclic amines) is 1. The summed E-state index contributed by atoms with van der Waals surface area (Å²) in [7, 11) is 3.85. The first-order valence-electron chi connectivity index (χ1n) is 15.3. The van der Waals surface area contributed by atoms with Crippen molar-refractivity contribution in [2.75, 3.05) is 33.7 Å². The predicted molar refractivity (Wildman–Crippen MR) is 178 cm³/mol. The molecule has 1 saturated heterocycles. The summed E-state index contributed by atoms with van der Waals surface area (Å²) in [5.41, 5.74) is 7.28. The maximum atomic E-state index is 13.1. The van der Waals surface area contributed by atoms with Crippen LogP contribution in [0.4, 0.5) is 0 Å². The minimum atomic E-state index is -0.360. The van der Waals surface area contributed by atoms with E-state index in [9.17, 15) is 9.90 Å². The Morgan fingerprint density at radius 2 is 1.77 bits per heavy atom. The molecule has 1 amide bonds. The van der Waals surface area contributed by atoms with E-state index < -0.39 is 0 Å². The Hall–Kier alpha value is -4.53. The SMILES string of the molecule is CN/C(=C\N=CCN(C)CC(C)O)c1ccc(-c2ccc(-c3cnc(C4CCCN4C(=O)Cc4ccccc4)[nH]3)cc2)cc1. The zero-order chi connectivity index (χ0) is 30.9. The van der Waals surface area contributed by atoms with E-state index in [1.807, 2.05) is 72.8 Å². The van der Waals surface area contributed by atoms with E-state index in [1.165, 1.54) is 0 Å². The summed E-state index contributed by atoms with van der Waals surface area (Å²) in [6.45, 7) is 3.82. The number of aliphatic hydroxyl groups is 1. The lowest BCUT2D eigenvalue weighted by atomic mass is 10.0. The van der Waals surface area contributed by atoms with Crippen molar-refractivity contribution < 1.29 is 9.90 Å². The van der Waals surface area contributed by atoms with Gasteiger partial charge in [0.05, 0.1) is 42.4 Å². The van der Waals surface area contributed by atoms with Gasteiger partial charge < -0.3 is 20.3 Å². The molecule has 8 nitrogen and oxygen atoms in total. The van der Waals surface area contributed by atoms with Crippen LogP contribution in [0.25, 0.3) is 28.1 Å². The van der Waals surface area contributed by atoms with Gasteiger partial charge in [0.25, 0.3) is 0 Å². The van der Waals surface area contributed by atoms with Crippen molar-refractivity contribution >= 4 is 17.8 Å². The Bertz CT molecular complexity index is 1560. The van der Waals surface area contributed by atoms with Crippen molar-refractivity contribution in [1.29, 1.82) is 0 Å². The molecule has 5 rings (SSSR count). The zero-order valence-electron chi connectivity index (χ0n) is 25.8. The third kappa shape index (κ3) is 7.89. The molecule has 1 aliphatic rings. The van der Waals surface area contributed by atoms with Crippen molar-refractivity contribution in [3.63, 3.8) is 0 Å². The van der Waals surface area contributed by atoms with Crippen LogP contribution in [0.3, 0.4) is 0 Å². The minimum Gasteiger partial charge on any atom is -0.392 e. The second kappa shape index (κ2) is 14.8. The van der Waals surface area contributed by atoms with Crippen molar-refractivity contribution in [3.05, 3.63) is 108 Å². The molecule has 2 unspecified atom stereocenters. The molecule has 3 aromatic carbocycles. The summed E-state index contributed by atoms with van der Waals surface area (Å²) in [6.07, 6.45) is 7.49. The lowest BCUT2D eigenvalue weighted by molar-refractivity contribution is -0.131. The summed E-state index contributed by atoms with van der Waals surface area (Å²) < 4.78 is 0. The number of nitrogens with one attached hydrogen (secondary N) is 2. The number of carbonyl (C=O) groups excluding carboxylic acids is 1. The summed E-state index contributed by atoms with van der Waals surface area (Å²) in [5.74, 6) is 0.997. The number of hydrogen-bond donors (Lipinski definition) is 3. The maximum Gasteiger partial charge on any atom is 0.227 e. The number of aliphatic imine (C=N–C) groups is 1. The van der Waals surface area contributed by atoms with Crippen LogP contribution in [0.5, 0.6) is 0 Å². The van der Waals surface area contributed by atoms with E-state index >= 15 is 0 Å². The zero-order valence-corrected chi connectivity index (χ0v) is 25.8. The quantitative estimate of drug-likeness (QED) is 0.188. The smallest absolute Gasteiger partial charge is 0.227 e. The molecule has 228 valence electrons. The Morgan fingerprint density at radius 3 is 2.45 bits per heavy atom. The van der Waals surface area contributed by atoms with Crippen molar-refractivity contribution in [2.24, 2.45) is 4.99 Å². The molecule has 0 aliphatic carbocycles. The van der Waals surface area contributed by atoms with Gasteiger partial charge in [-0.2, -0.15) is 0 Å². The van der Waals surface area contributed by atoms with Gasteiger partial charge in [0.15, 0.2) is 0 Å². The maximum absolute atomic E-state index is 13.1. The van der Waals surface area contributed by atoms with E-state index in [4.69, 9.17) is 4.98 Å². The second-order valence-corrected chi connectivity index (χ2v) is 11.4. The molecule has 0 bridgehead atoms. The van der Waals surface area contributed by atoms with Crippen molar-refractivity contribution in [1.82, 2.24) is 25.1 Å². The number of H-pyrrole nitrogens is 1. The van der Waals surface area contributed by atoms with Crippen LogP contribution >= 0.6 is 0 Å². The standard InChI is InChI=1S/C36H42N6O2/c1-26(43)25-41(3)21-19-38-23-32(37-2)30-15-11-28(12-16-30)29-13-17-31(18-14-29)33-24-39-36(40-33)34-10-7-20-42(34)35(44)22-27-8-5-4-6-9-27/h4-6,8-9,11-19,23-24,26,34,37,43H,7,10,20-22,25H2,1-3H3,(H,39,40)/b32-23-,38-19?. The molecule has 2 atom stereocenters. The Labute approximate surface area is 260 Å². The number of carbonyl (C=O) groups is 1. The number of aromatic nitrogens is 2. The van der Waals surface area contributed by atoms with Gasteiger partial charge in [-0.3, -0.25) is 14.7 Å². The monoisotopic (exact) mass is 590 g/mol. The van der Waals surface area contributed by atoms with Gasteiger partial charge in [0.2, 0.25) is 5.91 Å². The molecule has 3 N–H and O–H groups in total. The van der Waals surface area contributed by atoms with Crippen LogP contribution in [-0.2, 0) is 11.2 Å². The van der Waals surface area contributed by atoms with Crippen LogP contribution in [-0.4, -0.2) is 76.8 Å². The summed E-state index contributed by atoms with van der Waals surface area (Å²) in [4.78, 5) is 29.7. The van der Waals surface area contributed by atoms with Gasteiger partial charge in [0.1, 0.15) is 5.82 Å². The summed E-state index contributed by atoms with van der Waals surface area (Å²) in [5, 5.41) is 12.7. The number of amides is 1. The van der Waals surface area contributed by atoms with E-state index in [1.54, 1.807) is 6.92 Å². The molecular formula is C36H42N6O2. The van der Waals surface area contributed by atoms with Gasteiger partial charge in [-0.25, -0.2) is 4.98 Å². The molecule has 0 radical (unpaired) electrons. The first-order chi connectivity index (χ1) is 21.4. The first kappa shape index (κ1) is 30.9. The molecule has 1 aromatic heterocycles. The Morgan fingerprint density at radius 1 is 1.09 bits per heavy atom. The molecule has 44 heavy (non-hydrogen) atoms. The number of hydrogen-bond acceptors (Lipinski definition) is 6. The van der Waals surface area contributed by atoms with E-state index in [0.717, 1.165) is 64.4 Å². The number of imidazole rings is 1. The van der Waals surface area contributed by atoms with Crippen LogP contribution in [0.2, 0.25) is 0 Å². The Balaban J connectivity index is 1.21. The molecule has 4 aromatic rings. The molecule has 1 fully saturated rings. The highest BCUT2D eigenvalue weighted by atomic mass is 16.3. The highest BCUT2D eigenvalue weighted by molar-refractivity contribution is 5.79. The van der Waals surface area contributed by atoms with Gasteiger partial charge in [-0.05, 0) is 54.6 Å². The van der Waals surface area contributed by atoms with Gasteiger partial charge >= 0.3 is 0 Å². The summed E-state index contributed by atoms with van der Waals surface area (Å²) in [6, 6.07) is 26.8. The average Bonchev–Trinajstić information content (AvgIpc) is 3.72. The fourth-order valence-corrected chi connectivity index (χ4v) is 5.68. The minimum absolute atomic E-state index is 0.0172. The van der Waals surface area contributed by atoms with Crippen molar-refractivity contribution in [2.45, 2.75) is 38.3 Å². The number of rotatable bonds is 12. The first-order valence-corrected chi connectivity index (χ1v) is 15.3. The summed E-state index contributed by atoms with van der Waals surface area (Å²) >= 11 is 0. The number of aliphatic hydroxyl groups excluding tert-OH is 1. The fourth-order valence-electron chi connectivity index (χ4n) is 5.68. The normalized spacial score (nSPS) is 16.2. The number of benzene rings is 3. The molecule has 1 aliphatic heterocycles. The molecule has 0 spiro atoms. The molecule has 0 saturated carbocycles. The van der Waals surface area contributed by atoms with Crippen LogP contribution in [0, 0.1) is 0 Å². The van der Waals surface area contributed by atoms with Crippen LogP contribution in [0.1, 0.15) is 42.8 Å². The van der Waals surface area contributed by atoms with E-state index in [0.29, 0.717) is 19.5 Å². The highest BCUT2D eigenvalue weighted by Gasteiger charge is 2.31. The van der Waals surface area contributed by atoms with Crippen molar-refractivity contribution in [3.8, 4) is 22.4 Å². The number of likely N-dealkylation sites (N-methyl/N-ethyl adjacent to an activating group) is 1. The molecular weight excluding hydrogens is 548 g/mol. The lowest BCUT2D eigenvalue weighted by Crippen LogP contribution is -2.32. The van der Waals surface area contributed by atoms with Gasteiger partial charge in [0, 0.05) is 32.9 Å². The van der Waals surface area contributed by atoms with Crippen LogP contribution in [0.15, 0.2) is 96.3 Å². The van der Waals surface area contributed by atoms with E-state index in [2.05, 4.69) is 63.8 Å². The second-order valence-electron chi connectivity index (χ2n) is 11.4. The number of nitrogens with zero attached hydrogens (tertiary/aromatic N) is 4. The molecule has 2 heterocycles. The average molecular weight is 591 g/mol. The highest BCUT2D eigenvalue weighted by Crippen LogP contribution is 2.32. The van der Waals surface area contributed by atoms with Crippen LogP contribution < -0.4 is 5.32 Å². The van der Waals surface area contributed by atoms with Gasteiger partial charge in [-0.15, -0.1) is 0 Å². The van der Waals surface area contributed by atoms with Gasteiger partial charge in [-0.1, -0.05) is 78.9 Å².